The number of carbonyl (C=O) groups is 1. The maximum Gasteiger partial charge on any atom is 0.266 e. The molecule has 0 N–H and O–H groups in total. The lowest BCUT2D eigenvalue weighted by molar-refractivity contribution is -0.123. The van der Waals surface area contributed by atoms with E-state index in [1.807, 2.05) is 35.2 Å². The summed E-state index contributed by atoms with van der Waals surface area (Å²) >= 11 is 6.88. The highest BCUT2D eigenvalue weighted by Crippen LogP contribution is 2.37. The van der Waals surface area contributed by atoms with Crippen LogP contribution in [0.4, 0.5) is 0 Å². The van der Waals surface area contributed by atoms with Gasteiger partial charge in [0.25, 0.3) is 5.91 Å². The Morgan fingerprint density at radius 2 is 1.81 bits per heavy atom. The van der Waals surface area contributed by atoms with Crippen LogP contribution in [0.2, 0.25) is 0 Å². The number of hydrogen-bond donors (Lipinski definition) is 0. The normalized spacial score (nSPS) is 20.9. The molecule has 2 aliphatic rings. The number of thioether (sulfide) groups is 1. The molecular formula is C21H22N2O2S2. The molecule has 1 aliphatic carbocycles. The van der Waals surface area contributed by atoms with Crippen molar-refractivity contribution in [1.29, 1.82) is 0 Å². The number of nitrogens with zero attached hydrogens (tertiary/aromatic N) is 2. The third-order valence-electron chi connectivity index (χ3n) is 5.10. The van der Waals surface area contributed by atoms with Crippen LogP contribution in [0.1, 0.15) is 50.8 Å². The maximum atomic E-state index is 13.0. The Balaban J connectivity index is 1.52. The van der Waals surface area contributed by atoms with Crippen LogP contribution in [-0.2, 0) is 4.79 Å². The molecule has 2 aromatic rings. The summed E-state index contributed by atoms with van der Waals surface area (Å²) in [6.07, 6.45) is 11.6. The van der Waals surface area contributed by atoms with Gasteiger partial charge in [-0.25, -0.2) is 4.98 Å². The summed E-state index contributed by atoms with van der Waals surface area (Å²) in [5.41, 5.74) is 0.965. The van der Waals surface area contributed by atoms with Gasteiger partial charge < -0.3 is 4.42 Å². The van der Waals surface area contributed by atoms with Gasteiger partial charge in [-0.15, -0.1) is 0 Å². The molecule has 1 aromatic carbocycles. The first-order chi connectivity index (χ1) is 13.2. The van der Waals surface area contributed by atoms with E-state index in [1.165, 1.54) is 43.9 Å². The van der Waals surface area contributed by atoms with Crippen LogP contribution < -0.4 is 0 Å². The van der Waals surface area contributed by atoms with Gasteiger partial charge >= 0.3 is 0 Å². The topological polar surface area (TPSA) is 46.3 Å². The first-order valence-electron chi connectivity index (χ1n) is 9.51. The molecule has 2 heterocycles. The predicted molar refractivity (Wildman–Crippen MR) is 113 cm³/mol. The molecule has 0 atom stereocenters. The fourth-order valence-electron chi connectivity index (χ4n) is 3.69. The van der Waals surface area contributed by atoms with Gasteiger partial charge in [-0.05, 0) is 12.8 Å². The molecule has 1 amide bonds. The summed E-state index contributed by atoms with van der Waals surface area (Å²) in [5.74, 6) is 1.12. The van der Waals surface area contributed by atoms with Gasteiger partial charge in [0.1, 0.15) is 4.32 Å². The number of thiocarbonyl (C=S) groups is 1. The first-order valence-corrected chi connectivity index (χ1v) is 10.7. The number of benzene rings is 1. The summed E-state index contributed by atoms with van der Waals surface area (Å²) in [6, 6.07) is 10.0. The number of oxazole rings is 1. The number of carbonyl (C=O) groups excluding carboxylic acids is 1. The average Bonchev–Trinajstić information content (AvgIpc) is 3.22. The van der Waals surface area contributed by atoms with Crippen molar-refractivity contribution in [2.75, 3.05) is 0 Å². The van der Waals surface area contributed by atoms with Crippen molar-refractivity contribution in [2.45, 2.75) is 51.0 Å². The SMILES string of the molecule is O=C1/C(=C/c2ncc(-c3ccccc3)o2)SC(=S)N1C1CCCCCCC1. The molecule has 1 aromatic heterocycles. The molecule has 0 radical (unpaired) electrons. The molecule has 0 bridgehead atoms. The van der Waals surface area contributed by atoms with E-state index in [-0.39, 0.29) is 11.9 Å². The molecule has 2 fully saturated rings. The summed E-state index contributed by atoms with van der Waals surface area (Å²) in [4.78, 5) is 19.7. The van der Waals surface area contributed by atoms with Gasteiger partial charge in [0.2, 0.25) is 5.89 Å². The third kappa shape index (κ3) is 4.17. The molecule has 1 aliphatic heterocycles. The summed E-state index contributed by atoms with van der Waals surface area (Å²) in [5, 5.41) is 0. The average molecular weight is 399 g/mol. The van der Waals surface area contributed by atoms with E-state index in [4.69, 9.17) is 16.6 Å². The second-order valence-corrected chi connectivity index (χ2v) is 8.66. The van der Waals surface area contributed by atoms with Gasteiger partial charge in [-0.2, -0.15) is 0 Å². The minimum absolute atomic E-state index is 0.00460. The Kier molecular flexibility index (Phi) is 5.74. The Morgan fingerprint density at radius 3 is 2.56 bits per heavy atom. The molecule has 0 spiro atoms. The number of rotatable bonds is 3. The predicted octanol–water partition coefficient (Wildman–Crippen LogP) is 5.66. The van der Waals surface area contributed by atoms with Crippen LogP contribution >= 0.6 is 24.0 Å². The van der Waals surface area contributed by atoms with Gasteiger partial charge in [0, 0.05) is 17.7 Å². The second kappa shape index (κ2) is 8.40. The minimum atomic E-state index is -0.00460. The van der Waals surface area contributed by atoms with E-state index in [0.29, 0.717) is 20.9 Å². The summed E-state index contributed by atoms with van der Waals surface area (Å²) in [7, 11) is 0. The van der Waals surface area contributed by atoms with Crippen molar-refractivity contribution in [3.8, 4) is 11.3 Å². The quantitative estimate of drug-likeness (QED) is 0.493. The third-order valence-corrected chi connectivity index (χ3v) is 6.43. The molecule has 1 saturated carbocycles. The van der Waals surface area contributed by atoms with Crippen molar-refractivity contribution in [1.82, 2.24) is 9.88 Å². The van der Waals surface area contributed by atoms with Crippen molar-refractivity contribution in [3.05, 3.63) is 47.3 Å². The van der Waals surface area contributed by atoms with E-state index in [2.05, 4.69) is 4.98 Å². The van der Waals surface area contributed by atoms with Crippen LogP contribution in [0.15, 0.2) is 45.9 Å². The molecular weight excluding hydrogens is 376 g/mol. The van der Waals surface area contributed by atoms with Crippen LogP contribution in [0.3, 0.4) is 0 Å². The fourth-order valence-corrected chi connectivity index (χ4v) is 5.05. The minimum Gasteiger partial charge on any atom is -0.437 e. The molecule has 4 rings (SSSR count). The first kappa shape index (κ1) is 18.4. The molecule has 1 saturated heterocycles. The Labute approximate surface area is 169 Å². The monoisotopic (exact) mass is 398 g/mol. The van der Waals surface area contributed by atoms with Crippen LogP contribution in [0.25, 0.3) is 17.4 Å². The van der Waals surface area contributed by atoms with E-state index < -0.39 is 0 Å². The smallest absolute Gasteiger partial charge is 0.266 e. The number of hydrogen-bond acceptors (Lipinski definition) is 5. The highest BCUT2D eigenvalue weighted by atomic mass is 32.2. The van der Waals surface area contributed by atoms with Crippen molar-refractivity contribution in [3.63, 3.8) is 0 Å². The Morgan fingerprint density at radius 1 is 1.11 bits per heavy atom. The second-order valence-electron chi connectivity index (χ2n) is 6.98. The van der Waals surface area contributed by atoms with E-state index in [1.54, 1.807) is 12.3 Å². The highest BCUT2D eigenvalue weighted by Gasteiger charge is 2.37. The summed E-state index contributed by atoms with van der Waals surface area (Å²) < 4.78 is 6.48. The Bertz CT molecular complexity index is 852. The van der Waals surface area contributed by atoms with Crippen LogP contribution in [0, 0.1) is 0 Å². The maximum absolute atomic E-state index is 13.0. The van der Waals surface area contributed by atoms with Gasteiger partial charge in [-0.3, -0.25) is 9.69 Å². The van der Waals surface area contributed by atoms with Crippen molar-refractivity contribution in [2.24, 2.45) is 0 Å². The number of amides is 1. The number of aromatic nitrogens is 1. The summed E-state index contributed by atoms with van der Waals surface area (Å²) in [6.45, 7) is 0. The molecule has 6 heteroatoms. The highest BCUT2D eigenvalue weighted by molar-refractivity contribution is 8.26. The zero-order chi connectivity index (χ0) is 18.6. The molecule has 4 nitrogen and oxygen atoms in total. The lowest BCUT2D eigenvalue weighted by atomic mass is 9.96. The molecule has 0 unspecified atom stereocenters. The van der Waals surface area contributed by atoms with Crippen LogP contribution in [0.5, 0.6) is 0 Å². The van der Waals surface area contributed by atoms with Gasteiger partial charge in [0.05, 0.1) is 11.1 Å². The van der Waals surface area contributed by atoms with Crippen molar-refractivity contribution >= 4 is 40.3 Å². The van der Waals surface area contributed by atoms with E-state index >= 15 is 0 Å². The van der Waals surface area contributed by atoms with E-state index in [9.17, 15) is 4.79 Å². The van der Waals surface area contributed by atoms with Crippen molar-refractivity contribution < 1.29 is 9.21 Å². The van der Waals surface area contributed by atoms with Gasteiger partial charge in [0.15, 0.2) is 5.76 Å². The fraction of sp³-hybridized carbons (Fsp3) is 0.381. The Hall–Kier alpha value is -1.92. The van der Waals surface area contributed by atoms with E-state index in [0.717, 1.165) is 18.4 Å². The standard InChI is InChI=1S/C21H22N2O2S2/c24-20-18(13-19-22-14-17(25-19)15-9-5-4-6-10-15)27-21(26)23(20)16-11-7-2-1-3-8-12-16/h4-6,9-10,13-14,16H,1-3,7-8,11-12H2/b18-13-. The zero-order valence-corrected chi connectivity index (χ0v) is 16.7. The molecule has 27 heavy (non-hydrogen) atoms. The zero-order valence-electron chi connectivity index (χ0n) is 15.1. The largest absolute Gasteiger partial charge is 0.437 e. The van der Waals surface area contributed by atoms with Gasteiger partial charge in [-0.1, -0.05) is 86.4 Å². The molecule has 140 valence electrons. The lowest BCUT2D eigenvalue weighted by Gasteiger charge is -2.28. The lowest BCUT2D eigenvalue weighted by Crippen LogP contribution is -2.39. The van der Waals surface area contributed by atoms with Crippen LogP contribution in [-0.4, -0.2) is 26.2 Å².